The highest BCUT2D eigenvalue weighted by atomic mass is 16.6. The Morgan fingerprint density at radius 3 is 2.53 bits per heavy atom. The first-order valence-corrected chi connectivity index (χ1v) is 9.62. The molecule has 1 aromatic carbocycles. The number of nitrogens with one attached hydrogen (secondary N) is 1. The van der Waals surface area contributed by atoms with Gasteiger partial charge in [0.1, 0.15) is 18.7 Å². The Labute approximate surface area is 182 Å². The molecule has 3 aromatic heterocycles. The molecule has 0 saturated carbocycles. The van der Waals surface area contributed by atoms with Crippen molar-refractivity contribution in [3.8, 4) is 17.3 Å². The molecule has 32 heavy (non-hydrogen) atoms. The summed E-state index contributed by atoms with van der Waals surface area (Å²) in [6.07, 6.45) is 1.39. The second kappa shape index (κ2) is 8.34. The number of aromatic nitrogens is 7. The summed E-state index contributed by atoms with van der Waals surface area (Å²) in [5.41, 5.74) is 2.69. The van der Waals surface area contributed by atoms with Crippen LogP contribution in [-0.4, -0.2) is 45.3 Å². The predicted molar refractivity (Wildman–Crippen MR) is 114 cm³/mol. The molecule has 0 aliphatic carbocycles. The molecule has 4 rings (SSSR count). The smallest absolute Gasteiger partial charge is 0.270 e. The second-order valence-corrected chi connectivity index (χ2v) is 7.15. The molecule has 3 heterocycles. The molecule has 0 atom stereocenters. The van der Waals surface area contributed by atoms with Gasteiger partial charge in [-0.2, -0.15) is 14.9 Å². The third-order valence-corrected chi connectivity index (χ3v) is 4.42. The van der Waals surface area contributed by atoms with Gasteiger partial charge < -0.3 is 5.32 Å². The second-order valence-electron chi connectivity index (χ2n) is 7.15. The number of anilines is 1. The summed E-state index contributed by atoms with van der Waals surface area (Å²) in [5.74, 6) is 0.716. The molecule has 0 fully saturated rings. The van der Waals surface area contributed by atoms with Gasteiger partial charge in [0.2, 0.25) is 5.91 Å². The molecule has 0 spiro atoms. The fourth-order valence-corrected chi connectivity index (χ4v) is 3.13. The van der Waals surface area contributed by atoms with Gasteiger partial charge in [-0.05, 0) is 26.8 Å². The first-order valence-electron chi connectivity index (χ1n) is 9.62. The zero-order valence-electron chi connectivity index (χ0n) is 17.6. The summed E-state index contributed by atoms with van der Waals surface area (Å²) in [5, 5.41) is 22.4. The van der Waals surface area contributed by atoms with Gasteiger partial charge in [-0.3, -0.25) is 14.9 Å². The van der Waals surface area contributed by atoms with Crippen LogP contribution in [0.4, 0.5) is 11.5 Å². The van der Waals surface area contributed by atoms with E-state index < -0.39 is 4.92 Å². The number of hydrogen-bond donors (Lipinski definition) is 1. The summed E-state index contributed by atoms with van der Waals surface area (Å²) >= 11 is 0. The SMILES string of the molecule is Cc1cc(C)nc(-n2nc(C)cc2NC(=O)Cn2cnc(-c3cccc([N+](=O)[O-])c3)n2)n1. The van der Waals surface area contributed by atoms with Gasteiger partial charge >= 0.3 is 0 Å². The minimum absolute atomic E-state index is 0.0613. The minimum atomic E-state index is -0.488. The molecular formula is C20H19N9O3. The molecule has 4 aromatic rings. The van der Waals surface area contributed by atoms with E-state index in [0.717, 1.165) is 11.4 Å². The first kappa shape index (κ1) is 20.8. The van der Waals surface area contributed by atoms with Crippen molar-refractivity contribution in [3.63, 3.8) is 0 Å². The molecule has 0 bridgehead atoms. The summed E-state index contributed by atoms with van der Waals surface area (Å²) in [4.78, 5) is 36.0. The van der Waals surface area contributed by atoms with Crippen molar-refractivity contribution in [2.75, 3.05) is 5.32 Å². The fraction of sp³-hybridized carbons (Fsp3) is 0.200. The number of aryl methyl sites for hydroxylation is 3. The topological polar surface area (TPSA) is 147 Å². The zero-order valence-corrected chi connectivity index (χ0v) is 17.6. The third kappa shape index (κ3) is 4.48. The summed E-state index contributed by atoms with van der Waals surface area (Å²) in [6.45, 7) is 5.41. The molecule has 12 heteroatoms. The van der Waals surface area contributed by atoms with Crippen LogP contribution in [0.5, 0.6) is 0 Å². The van der Waals surface area contributed by atoms with Crippen molar-refractivity contribution in [1.82, 2.24) is 34.5 Å². The maximum atomic E-state index is 12.6. The molecule has 0 aliphatic rings. The highest BCUT2D eigenvalue weighted by molar-refractivity contribution is 5.89. The van der Waals surface area contributed by atoms with Crippen molar-refractivity contribution in [1.29, 1.82) is 0 Å². The van der Waals surface area contributed by atoms with Gasteiger partial charge in [0.05, 0.1) is 10.6 Å². The molecule has 0 saturated heterocycles. The molecule has 162 valence electrons. The van der Waals surface area contributed by atoms with Crippen molar-refractivity contribution in [2.45, 2.75) is 27.3 Å². The average molecular weight is 433 g/mol. The van der Waals surface area contributed by atoms with Gasteiger partial charge in [-0.25, -0.2) is 19.6 Å². The maximum Gasteiger partial charge on any atom is 0.270 e. The first-order chi connectivity index (χ1) is 15.3. The van der Waals surface area contributed by atoms with Crippen LogP contribution in [0.25, 0.3) is 17.3 Å². The van der Waals surface area contributed by atoms with Gasteiger partial charge in [0, 0.05) is 35.2 Å². The van der Waals surface area contributed by atoms with Crippen molar-refractivity contribution >= 4 is 17.4 Å². The van der Waals surface area contributed by atoms with Crippen LogP contribution in [0.2, 0.25) is 0 Å². The molecule has 12 nitrogen and oxygen atoms in total. The number of carbonyl (C=O) groups excluding carboxylic acids is 1. The number of benzene rings is 1. The Morgan fingerprint density at radius 2 is 1.81 bits per heavy atom. The number of nitro benzene ring substituents is 1. The highest BCUT2D eigenvalue weighted by Gasteiger charge is 2.15. The van der Waals surface area contributed by atoms with Crippen LogP contribution in [0, 0.1) is 30.9 Å². The van der Waals surface area contributed by atoms with E-state index in [-0.39, 0.29) is 24.0 Å². The van der Waals surface area contributed by atoms with E-state index in [1.165, 1.54) is 27.8 Å². The Balaban J connectivity index is 1.51. The predicted octanol–water partition coefficient (Wildman–Crippen LogP) is 2.39. The monoisotopic (exact) mass is 433 g/mol. The Hall–Kier alpha value is -4.48. The van der Waals surface area contributed by atoms with Gasteiger partial charge in [-0.15, -0.1) is 0 Å². The number of amides is 1. The van der Waals surface area contributed by atoms with Gasteiger partial charge in [0.25, 0.3) is 11.6 Å². The summed E-state index contributed by atoms with van der Waals surface area (Å²) in [6, 6.07) is 9.55. The third-order valence-electron chi connectivity index (χ3n) is 4.42. The van der Waals surface area contributed by atoms with E-state index in [0.29, 0.717) is 23.0 Å². The molecule has 0 unspecified atom stereocenters. The molecular weight excluding hydrogens is 414 g/mol. The van der Waals surface area contributed by atoms with E-state index >= 15 is 0 Å². The lowest BCUT2D eigenvalue weighted by Crippen LogP contribution is -2.21. The number of rotatable bonds is 6. The van der Waals surface area contributed by atoms with E-state index in [9.17, 15) is 14.9 Å². The Kier molecular flexibility index (Phi) is 5.41. The van der Waals surface area contributed by atoms with E-state index in [1.807, 2.05) is 19.9 Å². The molecule has 0 radical (unpaired) electrons. The highest BCUT2D eigenvalue weighted by Crippen LogP contribution is 2.20. The molecule has 1 N–H and O–H groups in total. The number of nitrogens with zero attached hydrogens (tertiary/aromatic N) is 8. The number of non-ortho nitro benzene ring substituents is 1. The number of carbonyl (C=O) groups is 1. The maximum absolute atomic E-state index is 12.6. The van der Waals surface area contributed by atoms with Gasteiger partial charge in [0.15, 0.2) is 5.82 Å². The van der Waals surface area contributed by atoms with Crippen LogP contribution in [0.15, 0.2) is 42.7 Å². The van der Waals surface area contributed by atoms with Crippen LogP contribution in [0.1, 0.15) is 17.1 Å². The van der Waals surface area contributed by atoms with E-state index in [4.69, 9.17) is 0 Å². The average Bonchev–Trinajstić information content (AvgIpc) is 3.33. The zero-order chi connectivity index (χ0) is 22.8. The van der Waals surface area contributed by atoms with Crippen LogP contribution < -0.4 is 5.32 Å². The lowest BCUT2D eigenvalue weighted by molar-refractivity contribution is -0.384. The largest absolute Gasteiger partial charge is 0.309 e. The number of hydrogen-bond acceptors (Lipinski definition) is 8. The molecule has 0 aliphatic heterocycles. The van der Waals surface area contributed by atoms with Gasteiger partial charge in [-0.1, -0.05) is 12.1 Å². The normalized spacial score (nSPS) is 10.8. The quantitative estimate of drug-likeness (QED) is 0.360. The fourth-order valence-electron chi connectivity index (χ4n) is 3.13. The summed E-state index contributed by atoms with van der Waals surface area (Å²) < 4.78 is 2.83. The minimum Gasteiger partial charge on any atom is -0.309 e. The lowest BCUT2D eigenvalue weighted by Gasteiger charge is -2.08. The van der Waals surface area contributed by atoms with Crippen molar-refractivity contribution in [3.05, 3.63) is 69.9 Å². The van der Waals surface area contributed by atoms with Crippen LogP contribution in [-0.2, 0) is 11.3 Å². The standard InChI is InChI=1S/C20H19N9O3/c1-12-7-13(2)23-20(22-12)28-17(8-14(3)25-28)24-18(30)10-27-11-21-19(26-27)15-5-4-6-16(9-15)29(31)32/h4-9,11H,10H2,1-3H3,(H,24,30). The lowest BCUT2D eigenvalue weighted by atomic mass is 10.2. The Bertz CT molecular complexity index is 1310. The van der Waals surface area contributed by atoms with E-state index in [1.54, 1.807) is 25.1 Å². The summed E-state index contributed by atoms with van der Waals surface area (Å²) in [7, 11) is 0. The van der Waals surface area contributed by atoms with Crippen LogP contribution >= 0.6 is 0 Å². The van der Waals surface area contributed by atoms with E-state index in [2.05, 4.69) is 30.5 Å². The van der Waals surface area contributed by atoms with Crippen LogP contribution in [0.3, 0.4) is 0 Å². The number of nitro groups is 1. The van der Waals surface area contributed by atoms with Crippen molar-refractivity contribution in [2.24, 2.45) is 0 Å². The van der Waals surface area contributed by atoms with Crippen molar-refractivity contribution < 1.29 is 9.72 Å². The Morgan fingerprint density at radius 1 is 1.06 bits per heavy atom. The molecule has 1 amide bonds.